The molecule has 5 heteroatoms. The summed E-state index contributed by atoms with van der Waals surface area (Å²) in [5.41, 5.74) is 2.34. The highest BCUT2D eigenvalue weighted by atomic mass is 16.5. The van der Waals surface area contributed by atoms with E-state index in [9.17, 15) is 4.79 Å². The third-order valence-corrected chi connectivity index (χ3v) is 5.90. The summed E-state index contributed by atoms with van der Waals surface area (Å²) in [6.45, 7) is 3.06. The first-order valence-electron chi connectivity index (χ1n) is 10.8. The Bertz CT molecular complexity index is 825. The van der Waals surface area contributed by atoms with Crippen LogP contribution in [0.1, 0.15) is 24.0 Å². The molecule has 1 aliphatic heterocycles. The summed E-state index contributed by atoms with van der Waals surface area (Å²) in [6.07, 6.45) is 5.89. The minimum absolute atomic E-state index is 0.0117. The molecule has 3 atom stereocenters. The molecule has 1 N–H and O–H groups in total. The Labute approximate surface area is 178 Å². The third kappa shape index (κ3) is 5.49. The van der Waals surface area contributed by atoms with Crippen LogP contribution in [0.15, 0.2) is 72.8 Å². The van der Waals surface area contributed by atoms with E-state index in [0.29, 0.717) is 32.9 Å². The van der Waals surface area contributed by atoms with Gasteiger partial charge in [-0.1, -0.05) is 72.8 Å². The molecular formula is C25H30N2O3. The van der Waals surface area contributed by atoms with Crippen LogP contribution in [0, 0.1) is 5.92 Å². The van der Waals surface area contributed by atoms with Crippen molar-refractivity contribution in [2.24, 2.45) is 5.92 Å². The number of ether oxygens (including phenoxy) is 2. The van der Waals surface area contributed by atoms with Crippen LogP contribution in [0.2, 0.25) is 0 Å². The molecule has 2 aromatic rings. The van der Waals surface area contributed by atoms with Gasteiger partial charge in [0.15, 0.2) is 0 Å². The molecule has 2 aliphatic rings. The van der Waals surface area contributed by atoms with Crippen LogP contribution in [0.25, 0.3) is 0 Å². The molecule has 0 aromatic heterocycles. The molecule has 158 valence electrons. The standard InChI is InChI=1S/C25H30N2O3/c28-25-26-13-7-8-14-27(25)23-15-22(19-29-17-20-9-3-1-4-10-20)24(16-23)30-18-21-11-5-2-6-12-21/h1-12,22-24H,13-19H2,(H,26,28)/t22-,23-,24+/m1/s1. The van der Waals surface area contributed by atoms with Gasteiger partial charge < -0.3 is 19.7 Å². The fourth-order valence-electron chi connectivity index (χ4n) is 4.29. The van der Waals surface area contributed by atoms with Gasteiger partial charge in [-0.15, -0.1) is 0 Å². The summed E-state index contributed by atoms with van der Waals surface area (Å²) in [6, 6.07) is 20.7. The predicted octanol–water partition coefficient (Wildman–Crippen LogP) is 4.15. The molecule has 4 rings (SSSR count). The molecule has 30 heavy (non-hydrogen) atoms. The maximum atomic E-state index is 12.5. The Morgan fingerprint density at radius 2 is 1.60 bits per heavy atom. The van der Waals surface area contributed by atoms with E-state index in [1.165, 1.54) is 11.1 Å². The van der Waals surface area contributed by atoms with Gasteiger partial charge in [-0.2, -0.15) is 0 Å². The molecule has 0 radical (unpaired) electrons. The Balaban J connectivity index is 1.38. The minimum atomic E-state index is 0.0117. The molecule has 2 aromatic carbocycles. The lowest BCUT2D eigenvalue weighted by Crippen LogP contribution is -2.44. The van der Waals surface area contributed by atoms with Gasteiger partial charge in [0.25, 0.3) is 0 Å². The third-order valence-electron chi connectivity index (χ3n) is 5.90. The molecule has 0 saturated heterocycles. The summed E-state index contributed by atoms with van der Waals surface area (Å²) >= 11 is 0. The van der Waals surface area contributed by atoms with Crippen LogP contribution in [0.3, 0.4) is 0 Å². The first-order chi connectivity index (χ1) is 14.8. The van der Waals surface area contributed by atoms with Crippen molar-refractivity contribution in [3.8, 4) is 0 Å². The average molecular weight is 407 g/mol. The fourth-order valence-corrected chi connectivity index (χ4v) is 4.29. The van der Waals surface area contributed by atoms with Crippen molar-refractivity contribution in [1.29, 1.82) is 0 Å². The smallest absolute Gasteiger partial charge is 0.318 e. The summed E-state index contributed by atoms with van der Waals surface area (Å²) in [5, 5.41) is 2.95. The maximum Gasteiger partial charge on any atom is 0.318 e. The zero-order valence-electron chi connectivity index (χ0n) is 17.3. The lowest BCUT2D eigenvalue weighted by atomic mass is 10.1. The predicted molar refractivity (Wildman–Crippen MR) is 117 cm³/mol. The SMILES string of the molecule is O=C1NCC=CCN1[C@@H]1C[C@H](COCc2ccccc2)[C@@H](OCc2ccccc2)C1. The summed E-state index contributed by atoms with van der Waals surface area (Å²) < 4.78 is 12.4. The van der Waals surface area contributed by atoms with Crippen molar-refractivity contribution in [1.82, 2.24) is 10.2 Å². The van der Waals surface area contributed by atoms with Gasteiger partial charge in [-0.05, 0) is 24.0 Å². The molecule has 1 aliphatic carbocycles. The van der Waals surface area contributed by atoms with E-state index < -0.39 is 0 Å². The number of carbonyl (C=O) groups is 1. The topological polar surface area (TPSA) is 50.8 Å². The van der Waals surface area contributed by atoms with Gasteiger partial charge in [0.2, 0.25) is 0 Å². The number of benzene rings is 2. The van der Waals surface area contributed by atoms with E-state index in [1.54, 1.807) is 0 Å². The van der Waals surface area contributed by atoms with Crippen LogP contribution < -0.4 is 5.32 Å². The molecule has 0 bridgehead atoms. The van der Waals surface area contributed by atoms with Crippen LogP contribution in [0.5, 0.6) is 0 Å². The van der Waals surface area contributed by atoms with Gasteiger partial charge in [0, 0.05) is 25.0 Å². The number of nitrogens with zero attached hydrogens (tertiary/aromatic N) is 1. The quantitative estimate of drug-likeness (QED) is 0.670. The molecule has 0 unspecified atom stereocenters. The molecule has 1 heterocycles. The van der Waals surface area contributed by atoms with E-state index in [2.05, 4.69) is 35.7 Å². The zero-order chi connectivity index (χ0) is 20.6. The normalized spacial score (nSPS) is 23.9. The summed E-state index contributed by atoms with van der Waals surface area (Å²) in [4.78, 5) is 14.4. The first-order valence-corrected chi connectivity index (χ1v) is 10.8. The van der Waals surface area contributed by atoms with Crippen LogP contribution in [-0.4, -0.2) is 42.8 Å². The van der Waals surface area contributed by atoms with Crippen molar-refractivity contribution < 1.29 is 14.3 Å². The van der Waals surface area contributed by atoms with E-state index in [0.717, 1.165) is 12.8 Å². The van der Waals surface area contributed by atoms with Crippen molar-refractivity contribution in [3.63, 3.8) is 0 Å². The highest BCUT2D eigenvalue weighted by molar-refractivity contribution is 5.75. The van der Waals surface area contributed by atoms with Crippen molar-refractivity contribution in [2.75, 3.05) is 19.7 Å². The monoisotopic (exact) mass is 406 g/mol. The fraction of sp³-hybridized carbons (Fsp3) is 0.400. The molecule has 0 spiro atoms. The molecule has 1 saturated carbocycles. The van der Waals surface area contributed by atoms with Gasteiger partial charge in [-0.3, -0.25) is 0 Å². The number of rotatable bonds is 8. The highest BCUT2D eigenvalue weighted by Gasteiger charge is 2.39. The Morgan fingerprint density at radius 1 is 0.900 bits per heavy atom. The van der Waals surface area contributed by atoms with E-state index >= 15 is 0 Å². The largest absolute Gasteiger partial charge is 0.376 e. The second kappa shape index (κ2) is 10.4. The van der Waals surface area contributed by atoms with Gasteiger partial charge >= 0.3 is 6.03 Å². The maximum absolute atomic E-state index is 12.5. The van der Waals surface area contributed by atoms with Gasteiger partial charge in [0.1, 0.15) is 0 Å². The van der Waals surface area contributed by atoms with Crippen molar-refractivity contribution in [3.05, 3.63) is 83.9 Å². The lowest BCUT2D eigenvalue weighted by Gasteiger charge is -2.27. The number of carbonyl (C=O) groups excluding carboxylic acids is 1. The lowest BCUT2D eigenvalue weighted by molar-refractivity contribution is -0.0191. The van der Waals surface area contributed by atoms with E-state index in [4.69, 9.17) is 9.47 Å². The molecular weight excluding hydrogens is 376 g/mol. The van der Waals surface area contributed by atoms with Crippen LogP contribution >= 0.6 is 0 Å². The van der Waals surface area contributed by atoms with E-state index in [1.807, 2.05) is 47.4 Å². The average Bonchev–Trinajstić information content (AvgIpc) is 3.05. The second-order valence-electron chi connectivity index (χ2n) is 8.03. The Morgan fingerprint density at radius 3 is 2.33 bits per heavy atom. The molecule has 1 fully saturated rings. The van der Waals surface area contributed by atoms with Gasteiger partial charge in [-0.25, -0.2) is 4.79 Å². The molecule has 2 amide bonds. The number of nitrogens with one attached hydrogen (secondary N) is 1. The van der Waals surface area contributed by atoms with Crippen molar-refractivity contribution in [2.45, 2.75) is 38.2 Å². The van der Waals surface area contributed by atoms with Crippen LogP contribution in [-0.2, 0) is 22.7 Å². The first kappa shape index (κ1) is 20.6. The number of hydrogen-bond acceptors (Lipinski definition) is 3. The number of hydrogen-bond donors (Lipinski definition) is 1. The van der Waals surface area contributed by atoms with E-state index in [-0.39, 0.29) is 24.1 Å². The number of urea groups is 1. The zero-order valence-corrected chi connectivity index (χ0v) is 17.3. The highest BCUT2D eigenvalue weighted by Crippen LogP contribution is 2.33. The minimum Gasteiger partial charge on any atom is -0.376 e. The second-order valence-corrected chi connectivity index (χ2v) is 8.03. The Hall–Kier alpha value is -2.63. The molecule has 5 nitrogen and oxygen atoms in total. The van der Waals surface area contributed by atoms with Gasteiger partial charge in [0.05, 0.1) is 25.9 Å². The Kier molecular flexibility index (Phi) is 7.16. The number of amides is 2. The van der Waals surface area contributed by atoms with Crippen LogP contribution in [0.4, 0.5) is 4.79 Å². The summed E-state index contributed by atoms with van der Waals surface area (Å²) in [5.74, 6) is 0.266. The van der Waals surface area contributed by atoms with Crippen molar-refractivity contribution >= 4 is 6.03 Å². The summed E-state index contributed by atoms with van der Waals surface area (Å²) in [7, 11) is 0.